The average Bonchev–Trinajstić information content (AvgIpc) is 2.73. The van der Waals surface area contributed by atoms with Crippen molar-refractivity contribution in [2.24, 2.45) is 0 Å². The fourth-order valence-corrected chi connectivity index (χ4v) is 3.12. The van der Waals surface area contributed by atoms with Crippen molar-refractivity contribution in [2.45, 2.75) is 12.8 Å². The molecule has 1 heteroatoms. The zero-order valence-electron chi connectivity index (χ0n) is 15.2. The van der Waals surface area contributed by atoms with Crippen LogP contribution in [0.15, 0.2) is 120 Å². The Balaban J connectivity index is 1.35. The summed E-state index contributed by atoms with van der Waals surface area (Å²) in [6.07, 6.45) is 18.8. The molecule has 0 N–H and O–H groups in total. The highest BCUT2D eigenvalue weighted by Crippen LogP contribution is 2.24. The van der Waals surface area contributed by atoms with Crippen molar-refractivity contribution in [3.8, 4) is 0 Å². The van der Waals surface area contributed by atoms with Gasteiger partial charge in [0, 0.05) is 0 Å². The van der Waals surface area contributed by atoms with Crippen LogP contribution >= 0.6 is 0 Å². The molecular formula is C26H22O. The minimum absolute atomic E-state index is 0.886. The molecule has 0 radical (unpaired) electrons. The monoisotopic (exact) mass is 350 g/mol. The maximum Gasteiger partial charge on any atom is 0.123 e. The third-order valence-corrected chi connectivity index (χ3v) is 4.54. The van der Waals surface area contributed by atoms with Gasteiger partial charge >= 0.3 is 0 Å². The molecule has 2 aliphatic carbocycles. The van der Waals surface area contributed by atoms with Crippen LogP contribution in [0.2, 0.25) is 0 Å². The van der Waals surface area contributed by atoms with Gasteiger partial charge < -0.3 is 4.74 Å². The third kappa shape index (κ3) is 4.86. The van der Waals surface area contributed by atoms with Crippen LogP contribution in [0.4, 0.5) is 0 Å². The number of hydrogen-bond donors (Lipinski definition) is 0. The van der Waals surface area contributed by atoms with Gasteiger partial charge in [-0.1, -0.05) is 85.0 Å². The highest BCUT2D eigenvalue weighted by Gasteiger charge is 2.07. The minimum atomic E-state index is 0.886. The summed E-state index contributed by atoms with van der Waals surface area (Å²) in [5.41, 5.74) is 5.03. The molecule has 2 aromatic carbocycles. The van der Waals surface area contributed by atoms with Gasteiger partial charge in [0.25, 0.3) is 0 Å². The lowest BCUT2D eigenvalue weighted by molar-refractivity contribution is 0.331. The van der Waals surface area contributed by atoms with Gasteiger partial charge in [0.15, 0.2) is 0 Å². The SMILES string of the molecule is C1=CC(OC2=CCC(=Cc3ccccc3)C=C2)=CCC1=Cc1ccccc1. The number of ether oxygens (including phenoxy) is 1. The van der Waals surface area contributed by atoms with Gasteiger partial charge in [0.1, 0.15) is 11.5 Å². The Morgan fingerprint density at radius 2 is 1.00 bits per heavy atom. The Hall–Kier alpha value is -3.32. The van der Waals surface area contributed by atoms with Crippen LogP contribution in [0.25, 0.3) is 12.2 Å². The normalized spacial score (nSPS) is 19.1. The molecule has 2 aromatic rings. The van der Waals surface area contributed by atoms with Crippen LogP contribution in [-0.4, -0.2) is 0 Å². The smallest absolute Gasteiger partial charge is 0.123 e. The zero-order valence-corrected chi connectivity index (χ0v) is 15.2. The van der Waals surface area contributed by atoms with E-state index in [-0.39, 0.29) is 0 Å². The highest BCUT2D eigenvalue weighted by atomic mass is 16.5. The Bertz CT molecular complexity index is 886. The molecule has 0 saturated carbocycles. The summed E-state index contributed by atoms with van der Waals surface area (Å²) in [5, 5.41) is 0. The maximum absolute atomic E-state index is 6.02. The van der Waals surface area contributed by atoms with Gasteiger partial charge in [0.2, 0.25) is 0 Å². The van der Waals surface area contributed by atoms with Crippen molar-refractivity contribution in [1.29, 1.82) is 0 Å². The second-order valence-electron chi connectivity index (χ2n) is 6.65. The maximum atomic E-state index is 6.02. The van der Waals surface area contributed by atoms with Gasteiger partial charge in [-0.25, -0.2) is 0 Å². The van der Waals surface area contributed by atoms with Gasteiger partial charge in [-0.15, -0.1) is 0 Å². The Morgan fingerprint density at radius 3 is 1.37 bits per heavy atom. The molecule has 2 aliphatic rings. The van der Waals surface area contributed by atoms with Crippen LogP contribution in [0.5, 0.6) is 0 Å². The van der Waals surface area contributed by atoms with Crippen LogP contribution in [0, 0.1) is 0 Å². The lowest BCUT2D eigenvalue weighted by Gasteiger charge is -2.14. The van der Waals surface area contributed by atoms with Crippen LogP contribution in [0.1, 0.15) is 24.0 Å². The molecule has 0 heterocycles. The number of hydrogen-bond acceptors (Lipinski definition) is 1. The van der Waals surface area contributed by atoms with Gasteiger partial charge in [0.05, 0.1) is 0 Å². The first-order chi connectivity index (χ1) is 13.3. The van der Waals surface area contributed by atoms with E-state index >= 15 is 0 Å². The summed E-state index contributed by atoms with van der Waals surface area (Å²) in [7, 11) is 0. The van der Waals surface area contributed by atoms with Gasteiger partial charge in [-0.05, 0) is 59.4 Å². The standard InChI is InChI=1S/C26H22O/c1-3-7-21(8-4-1)19-23-11-15-25(16-12-23)27-26-17-13-24(14-18-26)20-22-9-5-2-6-10-22/h1-11,13,15-20H,12,14H2. The summed E-state index contributed by atoms with van der Waals surface area (Å²) in [4.78, 5) is 0. The molecule has 0 aliphatic heterocycles. The van der Waals surface area contributed by atoms with E-state index < -0.39 is 0 Å². The molecular weight excluding hydrogens is 328 g/mol. The van der Waals surface area contributed by atoms with Crippen molar-refractivity contribution < 1.29 is 4.74 Å². The Labute approximate surface area is 161 Å². The Morgan fingerprint density at radius 1 is 0.556 bits per heavy atom. The predicted molar refractivity (Wildman–Crippen MR) is 114 cm³/mol. The fourth-order valence-electron chi connectivity index (χ4n) is 3.12. The van der Waals surface area contributed by atoms with E-state index in [2.05, 4.69) is 85.0 Å². The first-order valence-electron chi connectivity index (χ1n) is 9.31. The van der Waals surface area contributed by atoms with Crippen molar-refractivity contribution in [2.75, 3.05) is 0 Å². The van der Waals surface area contributed by atoms with Crippen LogP contribution in [-0.2, 0) is 4.74 Å². The first kappa shape index (κ1) is 17.1. The molecule has 0 aromatic heterocycles. The van der Waals surface area contributed by atoms with Crippen molar-refractivity contribution >= 4 is 12.2 Å². The topological polar surface area (TPSA) is 9.23 Å². The van der Waals surface area contributed by atoms with Gasteiger partial charge in [-0.2, -0.15) is 0 Å². The fraction of sp³-hybridized carbons (Fsp3) is 0.0769. The average molecular weight is 350 g/mol. The zero-order chi connectivity index (χ0) is 18.3. The molecule has 27 heavy (non-hydrogen) atoms. The summed E-state index contributed by atoms with van der Waals surface area (Å²) in [6.45, 7) is 0. The van der Waals surface area contributed by atoms with E-state index in [1.54, 1.807) is 0 Å². The molecule has 0 unspecified atom stereocenters. The number of rotatable bonds is 4. The Kier molecular flexibility index (Phi) is 5.31. The van der Waals surface area contributed by atoms with Crippen molar-refractivity contribution in [3.05, 3.63) is 131 Å². The van der Waals surface area contributed by atoms with E-state index in [0.717, 1.165) is 24.4 Å². The lowest BCUT2D eigenvalue weighted by Crippen LogP contribution is -1.96. The minimum Gasteiger partial charge on any atom is -0.458 e. The van der Waals surface area contributed by atoms with Crippen molar-refractivity contribution in [1.82, 2.24) is 0 Å². The highest BCUT2D eigenvalue weighted by molar-refractivity contribution is 5.59. The summed E-state index contributed by atoms with van der Waals surface area (Å²) >= 11 is 0. The lowest BCUT2D eigenvalue weighted by atomic mass is 10.0. The van der Waals surface area contributed by atoms with Crippen molar-refractivity contribution in [3.63, 3.8) is 0 Å². The number of benzene rings is 2. The summed E-state index contributed by atoms with van der Waals surface area (Å²) < 4.78 is 6.02. The quantitative estimate of drug-likeness (QED) is 0.585. The molecule has 132 valence electrons. The van der Waals surface area contributed by atoms with E-state index in [1.807, 2.05) is 24.3 Å². The molecule has 0 atom stereocenters. The predicted octanol–water partition coefficient (Wildman–Crippen LogP) is 6.86. The molecule has 1 nitrogen and oxygen atoms in total. The van der Waals surface area contributed by atoms with E-state index in [4.69, 9.17) is 4.74 Å². The second kappa shape index (κ2) is 8.37. The van der Waals surface area contributed by atoms with E-state index in [0.29, 0.717) is 0 Å². The molecule has 0 amide bonds. The summed E-state index contributed by atoms with van der Waals surface area (Å²) in [5.74, 6) is 1.82. The number of allylic oxidation sites excluding steroid dienone is 8. The second-order valence-corrected chi connectivity index (χ2v) is 6.65. The van der Waals surface area contributed by atoms with E-state index in [9.17, 15) is 0 Å². The van der Waals surface area contributed by atoms with Crippen LogP contribution in [0.3, 0.4) is 0 Å². The van der Waals surface area contributed by atoms with E-state index in [1.165, 1.54) is 22.3 Å². The van der Waals surface area contributed by atoms with Gasteiger partial charge in [-0.3, -0.25) is 0 Å². The molecule has 0 saturated heterocycles. The third-order valence-electron chi connectivity index (χ3n) is 4.54. The summed E-state index contributed by atoms with van der Waals surface area (Å²) in [6, 6.07) is 20.8. The molecule has 0 fully saturated rings. The molecule has 0 bridgehead atoms. The van der Waals surface area contributed by atoms with Crippen LogP contribution < -0.4 is 0 Å². The molecule has 0 spiro atoms. The molecule has 4 rings (SSSR count). The first-order valence-corrected chi connectivity index (χ1v) is 9.31. The largest absolute Gasteiger partial charge is 0.458 e.